The van der Waals surface area contributed by atoms with Gasteiger partial charge in [0, 0.05) is 22.5 Å². The van der Waals surface area contributed by atoms with Gasteiger partial charge in [-0.05, 0) is 32.9 Å². The molecule has 0 N–H and O–H groups in total. The Balaban J connectivity index is 1.90. The number of pyridine rings is 1. The zero-order chi connectivity index (χ0) is 15.7. The van der Waals surface area contributed by atoms with Gasteiger partial charge in [0.1, 0.15) is 10.6 Å². The van der Waals surface area contributed by atoms with Gasteiger partial charge in [0.25, 0.3) is 0 Å². The molecule has 2 heterocycles. The number of ether oxygens (including phenoxy) is 1. The van der Waals surface area contributed by atoms with Crippen LogP contribution in [-0.2, 0) is 4.74 Å². The standard InChI is InChI=1S/C17H16N2O2S/c1-17(2,3)21-16(20)14-10-22-15(19-14)12-8-11-6-4-5-7-13(11)18-9-12/h4-10H,1-3H3. The zero-order valence-electron chi connectivity index (χ0n) is 12.7. The van der Waals surface area contributed by atoms with Gasteiger partial charge in [0.15, 0.2) is 5.69 Å². The normalized spacial score (nSPS) is 11.6. The summed E-state index contributed by atoms with van der Waals surface area (Å²) in [6.07, 6.45) is 1.78. The van der Waals surface area contributed by atoms with Crippen LogP contribution < -0.4 is 0 Å². The van der Waals surface area contributed by atoms with E-state index in [1.165, 1.54) is 11.3 Å². The number of hydrogen-bond acceptors (Lipinski definition) is 5. The molecule has 3 rings (SSSR count). The summed E-state index contributed by atoms with van der Waals surface area (Å²) in [6, 6.07) is 9.93. The molecule has 0 aliphatic rings. The molecular weight excluding hydrogens is 296 g/mol. The van der Waals surface area contributed by atoms with Crippen molar-refractivity contribution < 1.29 is 9.53 Å². The summed E-state index contributed by atoms with van der Waals surface area (Å²) in [5.41, 5.74) is 1.66. The first-order chi connectivity index (χ1) is 10.4. The maximum Gasteiger partial charge on any atom is 0.358 e. The molecule has 4 nitrogen and oxygen atoms in total. The lowest BCUT2D eigenvalue weighted by Gasteiger charge is -2.18. The van der Waals surface area contributed by atoms with Gasteiger partial charge in [-0.25, -0.2) is 9.78 Å². The first-order valence-electron chi connectivity index (χ1n) is 6.96. The van der Waals surface area contributed by atoms with Crippen LogP contribution >= 0.6 is 11.3 Å². The number of carbonyl (C=O) groups is 1. The van der Waals surface area contributed by atoms with Gasteiger partial charge in [-0.15, -0.1) is 11.3 Å². The van der Waals surface area contributed by atoms with Gasteiger partial charge in [-0.2, -0.15) is 0 Å². The van der Waals surface area contributed by atoms with Crippen molar-refractivity contribution in [3.63, 3.8) is 0 Å². The maximum absolute atomic E-state index is 12.0. The van der Waals surface area contributed by atoms with Crippen LogP contribution in [0.15, 0.2) is 41.9 Å². The second-order valence-corrected chi connectivity index (χ2v) is 6.81. The lowest BCUT2D eigenvalue weighted by molar-refractivity contribution is 0.00638. The molecule has 0 fully saturated rings. The van der Waals surface area contributed by atoms with E-state index in [-0.39, 0.29) is 0 Å². The summed E-state index contributed by atoms with van der Waals surface area (Å²) < 4.78 is 5.33. The van der Waals surface area contributed by atoms with Crippen LogP contribution in [-0.4, -0.2) is 21.5 Å². The molecule has 0 spiro atoms. The lowest BCUT2D eigenvalue weighted by atomic mass is 10.2. The van der Waals surface area contributed by atoms with E-state index in [0.29, 0.717) is 5.69 Å². The van der Waals surface area contributed by atoms with Crippen molar-refractivity contribution in [2.24, 2.45) is 0 Å². The first kappa shape index (κ1) is 14.7. The molecule has 0 atom stereocenters. The van der Waals surface area contributed by atoms with Crippen LogP contribution in [0.1, 0.15) is 31.3 Å². The van der Waals surface area contributed by atoms with Crippen molar-refractivity contribution in [1.82, 2.24) is 9.97 Å². The number of aromatic nitrogens is 2. The zero-order valence-corrected chi connectivity index (χ0v) is 13.5. The van der Waals surface area contributed by atoms with Crippen molar-refractivity contribution in [3.8, 4) is 10.6 Å². The van der Waals surface area contributed by atoms with Gasteiger partial charge in [0.2, 0.25) is 0 Å². The molecule has 0 aliphatic heterocycles. The molecule has 22 heavy (non-hydrogen) atoms. The minimum absolute atomic E-state index is 0.336. The third-order valence-corrected chi connectivity index (χ3v) is 3.84. The molecule has 0 amide bonds. The molecule has 1 aromatic carbocycles. The number of thiazole rings is 1. The molecule has 2 aromatic heterocycles. The Labute approximate surface area is 132 Å². The minimum atomic E-state index is -0.522. The number of carbonyl (C=O) groups excluding carboxylic acids is 1. The number of benzene rings is 1. The van der Waals surface area contributed by atoms with Gasteiger partial charge < -0.3 is 4.74 Å². The quantitative estimate of drug-likeness (QED) is 0.662. The minimum Gasteiger partial charge on any atom is -0.455 e. The van der Waals surface area contributed by atoms with E-state index in [4.69, 9.17) is 4.74 Å². The van der Waals surface area contributed by atoms with Crippen molar-refractivity contribution in [3.05, 3.63) is 47.6 Å². The predicted molar refractivity (Wildman–Crippen MR) is 88.0 cm³/mol. The van der Waals surface area contributed by atoms with Gasteiger partial charge >= 0.3 is 5.97 Å². The molecule has 0 bridgehead atoms. The fraction of sp³-hybridized carbons (Fsp3) is 0.235. The summed E-state index contributed by atoms with van der Waals surface area (Å²) in [4.78, 5) is 20.8. The highest BCUT2D eigenvalue weighted by molar-refractivity contribution is 7.13. The average molecular weight is 312 g/mol. The summed E-state index contributed by atoms with van der Waals surface area (Å²) >= 11 is 1.41. The van der Waals surface area contributed by atoms with E-state index < -0.39 is 11.6 Å². The topological polar surface area (TPSA) is 52.1 Å². The molecular formula is C17H16N2O2S. The fourth-order valence-corrected chi connectivity index (χ4v) is 2.79. The Bertz CT molecular complexity index is 834. The number of para-hydroxylation sites is 1. The molecule has 0 saturated heterocycles. The van der Waals surface area contributed by atoms with Crippen molar-refractivity contribution in [1.29, 1.82) is 0 Å². The van der Waals surface area contributed by atoms with Gasteiger partial charge in [-0.3, -0.25) is 4.98 Å². The van der Waals surface area contributed by atoms with Crippen LogP contribution in [0.2, 0.25) is 0 Å². The van der Waals surface area contributed by atoms with E-state index >= 15 is 0 Å². The SMILES string of the molecule is CC(C)(C)OC(=O)c1csc(-c2cnc3ccccc3c2)n1. The Kier molecular flexibility index (Phi) is 3.66. The molecule has 0 saturated carbocycles. The number of rotatable bonds is 2. The molecule has 112 valence electrons. The van der Waals surface area contributed by atoms with Crippen LogP contribution in [0.5, 0.6) is 0 Å². The Morgan fingerprint density at radius 3 is 2.77 bits per heavy atom. The Morgan fingerprint density at radius 1 is 1.23 bits per heavy atom. The van der Waals surface area contributed by atoms with Crippen molar-refractivity contribution in [2.75, 3.05) is 0 Å². The van der Waals surface area contributed by atoms with E-state index in [2.05, 4.69) is 9.97 Å². The number of hydrogen-bond donors (Lipinski definition) is 0. The molecule has 5 heteroatoms. The fourth-order valence-electron chi connectivity index (χ4n) is 2.02. The lowest BCUT2D eigenvalue weighted by Crippen LogP contribution is -2.24. The second-order valence-electron chi connectivity index (χ2n) is 5.96. The smallest absolute Gasteiger partial charge is 0.358 e. The average Bonchev–Trinajstić information content (AvgIpc) is 2.95. The van der Waals surface area contributed by atoms with E-state index in [1.807, 2.05) is 51.1 Å². The van der Waals surface area contributed by atoms with Crippen LogP contribution in [0.25, 0.3) is 21.5 Å². The predicted octanol–water partition coefficient (Wildman–Crippen LogP) is 4.31. The van der Waals surface area contributed by atoms with Crippen LogP contribution in [0.4, 0.5) is 0 Å². The Morgan fingerprint density at radius 2 is 2.00 bits per heavy atom. The van der Waals surface area contributed by atoms with Crippen LogP contribution in [0.3, 0.4) is 0 Å². The second kappa shape index (κ2) is 5.50. The molecule has 3 aromatic rings. The van der Waals surface area contributed by atoms with E-state index in [0.717, 1.165) is 21.5 Å². The molecule has 0 aliphatic carbocycles. The number of fused-ring (bicyclic) bond motifs is 1. The third-order valence-electron chi connectivity index (χ3n) is 2.95. The van der Waals surface area contributed by atoms with Crippen molar-refractivity contribution in [2.45, 2.75) is 26.4 Å². The largest absolute Gasteiger partial charge is 0.455 e. The first-order valence-corrected chi connectivity index (χ1v) is 7.84. The third kappa shape index (κ3) is 3.14. The monoisotopic (exact) mass is 312 g/mol. The molecule has 0 unspecified atom stereocenters. The highest BCUT2D eigenvalue weighted by atomic mass is 32.1. The molecule has 0 radical (unpaired) electrons. The van der Waals surface area contributed by atoms with Gasteiger partial charge in [-0.1, -0.05) is 18.2 Å². The van der Waals surface area contributed by atoms with Gasteiger partial charge in [0.05, 0.1) is 5.52 Å². The van der Waals surface area contributed by atoms with Crippen LogP contribution in [0, 0.1) is 0 Å². The highest BCUT2D eigenvalue weighted by Crippen LogP contribution is 2.26. The summed E-state index contributed by atoms with van der Waals surface area (Å²) in [5.74, 6) is -0.399. The number of esters is 1. The van der Waals surface area contributed by atoms with Crippen molar-refractivity contribution >= 4 is 28.2 Å². The van der Waals surface area contributed by atoms with E-state index in [1.54, 1.807) is 11.6 Å². The van der Waals surface area contributed by atoms with E-state index in [9.17, 15) is 4.79 Å². The summed E-state index contributed by atoms with van der Waals surface area (Å²) in [7, 11) is 0. The maximum atomic E-state index is 12.0. The summed E-state index contributed by atoms with van der Waals surface area (Å²) in [6.45, 7) is 5.52. The summed E-state index contributed by atoms with van der Waals surface area (Å²) in [5, 5.41) is 3.53. The number of nitrogens with zero attached hydrogens (tertiary/aromatic N) is 2. The Hall–Kier alpha value is -2.27. The highest BCUT2D eigenvalue weighted by Gasteiger charge is 2.20.